The number of carbonyl (C=O) groups excluding carboxylic acids is 3. The largest absolute Gasteiger partial charge is 0.462 e. The highest BCUT2D eigenvalue weighted by molar-refractivity contribution is 8.01. The minimum atomic E-state index is -3.74. The van der Waals surface area contributed by atoms with Crippen LogP contribution in [0.3, 0.4) is 0 Å². The van der Waals surface area contributed by atoms with E-state index in [9.17, 15) is 22.8 Å². The number of rotatable bonds is 8. The third-order valence-corrected chi connectivity index (χ3v) is 7.91. The number of thioether (sulfide) groups is 1. The van der Waals surface area contributed by atoms with Crippen LogP contribution in [0.1, 0.15) is 37.0 Å². The molecule has 32 heavy (non-hydrogen) atoms. The Labute approximate surface area is 191 Å². The summed E-state index contributed by atoms with van der Waals surface area (Å²) in [6.07, 6.45) is 0.413. The van der Waals surface area contributed by atoms with E-state index < -0.39 is 27.5 Å². The number of benzene rings is 2. The summed E-state index contributed by atoms with van der Waals surface area (Å²) in [5.41, 5.74) is 1.12. The van der Waals surface area contributed by atoms with Gasteiger partial charge in [-0.2, -0.15) is 0 Å². The maximum atomic E-state index is 12.7. The Balaban J connectivity index is 1.64. The monoisotopic (exact) mass is 476 g/mol. The fourth-order valence-corrected chi connectivity index (χ4v) is 5.38. The van der Waals surface area contributed by atoms with Crippen molar-refractivity contribution in [1.82, 2.24) is 0 Å². The number of carbonyl (C=O) groups is 3. The first-order valence-electron chi connectivity index (χ1n) is 10.1. The third kappa shape index (κ3) is 5.68. The first-order valence-corrected chi connectivity index (χ1v) is 12.7. The molecule has 8 nitrogen and oxygen atoms in total. The summed E-state index contributed by atoms with van der Waals surface area (Å²) in [5.74, 6) is -1.55. The molecule has 1 heterocycles. The third-order valence-electron chi connectivity index (χ3n) is 4.76. The zero-order valence-electron chi connectivity index (χ0n) is 17.7. The predicted molar refractivity (Wildman–Crippen MR) is 123 cm³/mol. The lowest BCUT2D eigenvalue weighted by Crippen LogP contribution is -2.28. The average Bonchev–Trinajstić information content (AvgIpc) is 2.77. The van der Waals surface area contributed by atoms with Crippen LogP contribution in [0.4, 0.5) is 11.4 Å². The quantitative estimate of drug-likeness (QED) is 0.560. The van der Waals surface area contributed by atoms with Crippen LogP contribution in [0.5, 0.6) is 0 Å². The van der Waals surface area contributed by atoms with Crippen molar-refractivity contribution in [2.75, 3.05) is 23.0 Å². The van der Waals surface area contributed by atoms with Gasteiger partial charge in [0.15, 0.2) is 9.84 Å². The first-order chi connectivity index (χ1) is 15.2. The van der Waals surface area contributed by atoms with E-state index in [1.165, 1.54) is 30.0 Å². The summed E-state index contributed by atoms with van der Waals surface area (Å²) in [5, 5.41) is 5.15. The Bertz CT molecular complexity index is 1150. The maximum absolute atomic E-state index is 12.7. The topological polar surface area (TPSA) is 119 Å². The Morgan fingerprint density at radius 1 is 1.16 bits per heavy atom. The van der Waals surface area contributed by atoms with Gasteiger partial charge in [0, 0.05) is 17.0 Å². The molecule has 0 aromatic heterocycles. The highest BCUT2D eigenvalue weighted by Gasteiger charge is 2.27. The molecule has 0 saturated carbocycles. The van der Waals surface area contributed by atoms with E-state index >= 15 is 0 Å². The van der Waals surface area contributed by atoms with Crippen molar-refractivity contribution < 1.29 is 27.5 Å². The van der Waals surface area contributed by atoms with E-state index in [1.807, 2.05) is 6.92 Å². The van der Waals surface area contributed by atoms with Gasteiger partial charge in [0.25, 0.3) is 0 Å². The van der Waals surface area contributed by atoms with Crippen LogP contribution in [0, 0.1) is 0 Å². The number of amides is 2. The number of hydrogen-bond acceptors (Lipinski definition) is 7. The highest BCUT2D eigenvalue weighted by atomic mass is 32.2. The van der Waals surface area contributed by atoms with Gasteiger partial charge in [0.2, 0.25) is 11.8 Å². The summed E-state index contributed by atoms with van der Waals surface area (Å²) in [6, 6.07) is 10.8. The van der Waals surface area contributed by atoms with Crippen LogP contribution < -0.4 is 10.6 Å². The lowest BCUT2D eigenvalue weighted by Gasteiger charge is -2.23. The van der Waals surface area contributed by atoms with Gasteiger partial charge in [-0.3, -0.25) is 9.59 Å². The second-order valence-corrected chi connectivity index (χ2v) is 10.4. The van der Waals surface area contributed by atoms with Gasteiger partial charge >= 0.3 is 5.97 Å². The van der Waals surface area contributed by atoms with Crippen molar-refractivity contribution >= 4 is 50.8 Å². The zero-order chi connectivity index (χ0) is 23.3. The summed E-state index contributed by atoms with van der Waals surface area (Å²) < 4.78 is 30.4. The summed E-state index contributed by atoms with van der Waals surface area (Å²) in [4.78, 5) is 37.0. The van der Waals surface area contributed by atoms with Crippen LogP contribution in [-0.2, 0) is 24.2 Å². The van der Waals surface area contributed by atoms with Crippen molar-refractivity contribution in [2.24, 2.45) is 0 Å². The van der Waals surface area contributed by atoms with Gasteiger partial charge in [0.1, 0.15) is 0 Å². The SMILES string of the molecule is CCOC(=O)c1cccc(NC(=O)CCS(=O)(=O)c2ccc3c(c2)NC(=O)[C@H](CC)S3)c1. The number of nitrogens with one attached hydrogen (secondary N) is 2. The number of fused-ring (bicyclic) bond motifs is 1. The van der Waals surface area contributed by atoms with E-state index in [-0.39, 0.29) is 34.6 Å². The Morgan fingerprint density at radius 3 is 2.66 bits per heavy atom. The molecule has 1 atom stereocenters. The van der Waals surface area contributed by atoms with Gasteiger partial charge in [-0.25, -0.2) is 13.2 Å². The van der Waals surface area contributed by atoms with Crippen molar-refractivity contribution in [2.45, 2.75) is 41.7 Å². The summed E-state index contributed by atoms with van der Waals surface area (Å²) >= 11 is 1.41. The smallest absolute Gasteiger partial charge is 0.338 e. The van der Waals surface area contributed by atoms with Crippen LogP contribution >= 0.6 is 11.8 Å². The van der Waals surface area contributed by atoms with Crippen molar-refractivity contribution in [1.29, 1.82) is 0 Å². The molecule has 0 unspecified atom stereocenters. The summed E-state index contributed by atoms with van der Waals surface area (Å²) in [7, 11) is -3.74. The van der Waals surface area contributed by atoms with Gasteiger partial charge < -0.3 is 15.4 Å². The van der Waals surface area contributed by atoms with Crippen LogP contribution in [-0.4, -0.2) is 43.8 Å². The summed E-state index contributed by atoms with van der Waals surface area (Å²) in [6.45, 7) is 3.85. The Morgan fingerprint density at radius 2 is 1.94 bits per heavy atom. The van der Waals surface area contributed by atoms with E-state index in [4.69, 9.17) is 4.74 Å². The molecular weight excluding hydrogens is 452 g/mol. The molecule has 1 aliphatic rings. The fourth-order valence-electron chi connectivity index (χ4n) is 3.10. The number of esters is 1. The van der Waals surface area contributed by atoms with Crippen molar-refractivity contribution in [3.05, 3.63) is 48.0 Å². The van der Waals surface area contributed by atoms with Gasteiger partial charge in [0.05, 0.1) is 33.8 Å². The molecule has 0 fully saturated rings. The minimum Gasteiger partial charge on any atom is -0.462 e. The average molecular weight is 477 g/mol. The number of ether oxygens (including phenoxy) is 1. The predicted octanol–water partition coefficient (Wildman–Crippen LogP) is 3.49. The second kappa shape index (κ2) is 10.2. The Hall–Kier alpha value is -2.85. The molecule has 170 valence electrons. The highest BCUT2D eigenvalue weighted by Crippen LogP contribution is 2.38. The van der Waals surface area contributed by atoms with Crippen molar-refractivity contribution in [3.8, 4) is 0 Å². The molecular formula is C22H24N2O6S2. The molecule has 0 radical (unpaired) electrons. The molecule has 1 aliphatic heterocycles. The van der Waals surface area contributed by atoms with Crippen LogP contribution in [0.25, 0.3) is 0 Å². The van der Waals surface area contributed by atoms with E-state index in [0.717, 1.165) is 4.90 Å². The van der Waals surface area contributed by atoms with Crippen molar-refractivity contribution in [3.63, 3.8) is 0 Å². The molecule has 2 aromatic carbocycles. The molecule has 2 aromatic rings. The molecule has 0 aliphatic carbocycles. The molecule has 0 spiro atoms. The molecule has 3 rings (SSSR count). The lowest BCUT2D eigenvalue weighted by atomic mass is 10.2. The Kier molecular flexibility index (Phi) is 7.57. The molecule has 2 N–H and O–H groups in total. The standard InChI is InChI=1S/C22H24N2O6S2/c1-3-18-21(26)24-17-13-16(8-9-19(17)31-18)32(28,29)11-10-20(25)23-15-7-5-6-14(12-15)22(27)30-4-2/h5-9,12-13,18H,3-4,10-11H2,1-2H3,(H,23,25)(H,24,26)/t18-/m0/s1. The van der Waals surface area contributed by atoms with Crippen LogP contribution in [0.15, 0.2) is 52.3 Å². The van der Waals surface area contributed by atoms with Gasteiger partial charge in [-0.1, -0.05) is 13.0 Å². The van der Waals surface area contributed by atoms with Crippen LogP contribution in [0.2, 0.25) is 0 Å². The molecule has 0 bridgehead atoms. The van der Waals surface area contributed by atoms with Gasteiger partial charge in [-0.15, -0.1) is 11.8 Å². The molecule has 10 heteroatoms. The lowest BCUT2D eigenvalue weighted by molar-refractivity contribution is -0.116. The van der Waals surface area contributed by atoms with E-state index in [1.54, 1.807) is 31.2 Å². The maximum Gasteiger partial charge on any atom is 0.338 e. The number of sulfone groups is 1. The number of anilines is 2. The number of hydrogen-bond donors (Lipinski definition) is 2. The van der Waals surface area contributed by atoms with E-state index in [0.29, 0.717) is 17.8 Å². The minimum absolute atomic E-state index is 0.0456. The second-order valence-electron chi connectivity index (χ2n) is 7.08. The first kappa shape index (κ1) is 23.8. The fraction of sp³-hybridized carbons (Fsp3) is 0.318. The van der Waals surface area contributed by atoms with E-state index in [2.05, 4.69) is 10.6 Å². The normalized spacial score (nSPS) is 15.4. The molecule has 0 saturated heterocycles. The molecule has 2 amide bonds. The van der Waals surface area contributed by atoms with Gasteiger partial charge in [-0.05, 0) is 49.7 Å². The zero-order valence-corrected chi connectivity index (χ0v) is 19.3.